The molecular formula is C17H22O6. The fourth-order valence-electron chi connectivity index (χ4n) is 2.98. The number of carbonyl (C=O) groups is 1. The van der Waals surface area contributed by atoms with E-state index >= 15 is 0 Å². The Hall–Kier alpha value is -1.79. The molecular weight excluding hydrogens is 300 g/mol. The molecule has 0 amide bonds. The Morgan fingerprint density at radius 2 is 2.13 bits per heavy atom. The molecule has 0 aromatic heterocycles. The van der Waals surface area contributed by atoms with Gasteiger partial charge in [-0.2, -0.15) is 0 Å². The van der Waals surface area contributed by atoms with Gasteiger partial charge in [-0.15, -0.1) is 0 Å². The van der Waals surface area contributed by atoms with Crippen LogP contribution in [0.15, 0.2) is 18.2 Å². The van der Waals surface area contributed by atoms with Crippen LogP contribution in [0.25, 0.3) is 0 Å². The second-order valence-electron chi connectivity index (χ2n) is 6.22. The molecule has 3 atom stereocenters. The lowest BCUT2D eigenvalue weighted by molar-refractivity contribution is -0.292. The summed E-state index contributed by atoms with van der Waals surface area (Å²) in [4.78, 5) is 11.1. The minimum Gasteiger partial charge on any atom is -0.477 e. The van der Waals surface area contributed by atoms with Crippen LogP contribution in [-0.2, 0) is 20.7 Å². The standard InChI is InChI=1S/C17H22O6/c1-11-13(9-22-17(2,23-11)16(18)19)5-3-4-12-6-7-14-15(8-12)21-10-20-14/h6-8,11,13H,3-5,9-10H2,1-2H3,(H,18,19). The first-order valence-electron chi connectivity index (χ1n) is 7.91. The number of ether oxygens (including phenoxy) is 4. The summed E-state index contributed by atoms with van der Waals surface area (Å²) in [5.41, 5.74) is 1.20. The predicted octanol–water partition coefficient (Wildman–Crippen LogP) is 2.59. The first kappa shape index (κ1) is 16.1. The highest BCUT2D eigenvalue weighted by atomic mass is 16.7. The number of benzene rings is 1. The van der Waals surface area contributed by atoms with E-state index in [-0.39, 0.29) is 18.8 Å². The molecule has 6 nitrogen and oxygen atoms in total. The molecule has 0 radical (unpaired) electrons. The zero-order valence-corrected chi connectivity index (χ0v) is 13.4. The number of rotatable bonds is 5. The van der Waals surface area contributed by atoms with Gasteiger partial charge in [-0.05, 0) is 43.9 Å². The summed E-state index contributed by atoms with van der Waals surface area (Å²) in [5, 5.41) is 9.13. The second-order valence-corrected chi connectivity index (χ2v) is 6.22. The largest absolute Gasteiger partial charge is 0.477 e. The second kappa shape index (κ2) is 6.37. The van der Waals surface area contributed by atoms with E-state index in [2.05, 4.69) is 0 Å². The molecule has 0 saturated carbocycles. The van der Waals surface area contributed by atoms with Gasteiger partial charge in [0.05, 0.1) is 12.7 Å². The lowest BCUT2D eigenvalue weighted by Gasteiger charge is -2.39. The maximum atomic E-state index is 11.1. The van der Waals surface area contributed by atoms with Gasteiger partial charge in [0, 0.05) is 12.8 Å². The maximum absolute atomic E-state index is 11.1. The zero-order valence-electron chi connectivity index (χ0n) is 13.4. The summed E-state index contributed by atoms with van der Waals surface area (Å²) >= 11 is 0. The number of carboxylic acid groups (broad SMARTS) is 1. The molecule has 0 bridgehead atoms. The number of aliphatic carboxylic acids is 1. The highest BCUT2D eigenvalue weighted by Crippen LogP contribution is 2.33. The van der Waals surface area contributed by atoms with E-state index in [1.54, 1.807) is 0 Å². The Balaban J connectivity index is 1.49. The van der Waals surface area contributed by atoms with Crippen LogP contribution in [0, 0.1) is 5.92 Å². The Bertz CT molecular complexity index is 586. The molecule has 1 N–H and O–H groups in total. The van der Waals surface area contributed by atoms with Gasteiger partial charge in [-0.3, -0.25) is 0 Å². The summed E-state index contributed by atoms with van der Waals surface area (Å²) in [5.74, 6) is -0.797. The van der Waals surface area contributed by atoms with Crippen molar-refractivity contribution in [2.45, 2.75) is 45.0 Å². The minimum atomic E-state index is -1.52. The summed E-state index contributed by atoms with van der Waals surface area (Å²) in [6.45, 7) is 4.06. The average Bonchev–Trinajstić information content (AvgIpc) is 2.97. The summed E-state index contributed by atoms with van der Waals surface area (Å²) in [6.07, 6.45) is 2.69. The zero-order chi connectivity index (χ0) is 16.4. The van der Waals surface area contributed by atoms with E-state index in [0.29, 0.717) is 6.61 Å². The Morgan fingerprint density at radius 3 is 2.87 bits per heavy atom. The molecule has 3 unspecified atom stereocenters. The van der Waals surface area contributed by atoms with E-state index in [1.807, 2.05) is 25.1 Å². The van der Waals surface area contributed by atoms with Crippen LogP contribution in [0.1, 0.15) is 32.3 Å². The van der Waals surface area contributed by atoms with Gasteiger partial charge >= 0.3 is 5.97 Å². The van der Waals surface area contributed by atoms with E-state index < -0.39 is 11.8 Å². The van der Waals surface area contributed by atoms with Gasteiger partial charge in [0.1, 0.15) is 0 Å². The first-order valence-corrected chi connectivity index (χ1v) is 7.91. The third kappa shape index (κ3) is 3.43. The van der Waals surface area contributed by atoms with Gasteiger partial charge in [-0.25, -0.2) is 4.79 Å². The van der Waals surface area contributed by atoms with Crippen molar-refractivity contribution in [1.29, 1.82) is 0 Å². The lowest BCUT2D eigenvalue weighted by Crippen LogP contribution is -2.51. The van der Waals surface area contributed by atoms with E-state index in [1.165, 1.54) is 12.5 Å². The van der Waals surface area contributed by atoms with E-state index in [0.717, 1.165) is 30.8 Å². The monoisotopic (exact) mass is 322 g/mol. The fraction of sp³-hybridized carbons (Fsp3) is 0.588. The predicted molar refractivity (Wildman–Crippen MR) is 81.5 cm³/mol. The van der Waals surface area contributed by atoms with Crippen LogP contribution in [0.5, 0.6) is 11.5 Å². The molecule has 2 heterocycles. The number of hydrogen-bond donors (Lipinski definition) is 1. The molecule has 0 spiro atoms. The molecule has 1 fully saturated rings. The average molecular weight is 322 g/mol. The molecule has 0 aliphatic carbocycles. The molecule has 2 aliphatic rings. The maximum Gasteiger partial charge on any atom is 0.364 e. The van der Waals surface area contributed by atoms with Crippen molar-refractivity contribution < 1.29 is 28.8 Å². The summed E-state index contributed by atoms with van der Waals surface area (Å²) in [7, 11) is 0. The van der Waals surface area contributed by atoms with Crippen molar-refractivity contribution in [1.82, 2.24) is 0 Å². The van der Waals surface area contributed by atoms with E-state index in [9.17, 15) is 4.79 Å². The van der Waals surface area contributed by atoms with Gasteiger partial charge in [0.15, 0.2) is 11.5 Å². The minimum absolute atomic E-state index is 0.137. The van der Waals surface area contributed by atoms with Crippen molar-refractivity contribution in [2.24, 2.45) is 5.92 Å². The van der Waals surface area contributed by atoms with Crippen molar-refractivity contribution in [3.8, 4) is 11.5 Å². The Kier molecular flexibility index (Phi) is 4.46. The molecule has 6 heteroatoms. The summed E-state index contributed by atoms with van der Waals surface area (Å²) in [6, 6.07) is 6.00. The smallest absolute Gasteiger partial charge is 0.364 e. The summed E-state index contributed by atoms with van der Waals surface area (Å²) < 4.78 is 21.7. The lowest BCUT2D eigenvalue weighted by atomic mass is 9.94. The molecule has 1 saturated heterocycles. The highest BCUT2D eigenvalue weighted by molar-refractivity contribution is 5.75. The van der Waals surface area contributed by atoms with Crippen LogP contribution < -0.4 is 9.47 Å². The van der Waals surface area contributed by atoms with Crippen LogP contribution in [0.4, 0.5) is 0 Å². The highest BCUT2D eigenvalue weighted by Gasteiger charge is 2.43. The van der Waals surface area contributed by atoms with Gasteiger partial charge in [-0.1, -0.05) is 6.07 Å². The van der Waals surface area contributed by atoms with Crippen molar-refractivity contribution in [3.63, 3.8) is 0 Å². The molecule has 23 heavy (non-hydrogen) atoms. The number of carboxylic acids is 1. The Morgan fingerprint density at radius 1 is 1.35 bits per heavy atom. The first-order chi connectivity index (χ1) is 11.0. The quantitative estimate of drug-likeness (QED) is 0.898. The normalized spacial score (nSPS) is 29.5. The van der Waals surface area contributed by atoms with Gasteiger partial charge < -0.3 is 24.1 Å². The molecule has 126 valence electrons. The van der Waals surface area contributed by atoms with Crippen molar-refractivity contribution >= 4 is 5.97 Å². The topological polar surface area (TPSA) is 74.2 Å². The fourth-order valence-corrected chi connectivity index (χ4v) is 2.98. The molecule has 3 rings (SSSR count). The SMILES string of the molecule is CC1OC(C)(C(=O)O)OCC1CCCc1ccc2c(c1)OCO2. The number of aryl methyl sites for hydroxylation is 1. The number of fused-ring (bicyclic) bond motifs is 1. The van der Waals surface area contributed by atoms with Crippen molar-refractivity contribution in [2.75, 3.05) is 13.4 Å². The Labute approximate surface area is 135 Å². The van der Waals surface area contributed by atoms with Crippen LogP contribution in [-0.4, -0.2) is 36.4 Å². The molecule has 1 aromatic rings. The van der Waals surface area contributed by atoms with Gasteiger partial charge in [0.25, 0.3) is 5.79 Å². The van der Waals surface area contributed by atoms with Crippen LogP contribution in [0.2, 0.25) is 0 Å². The number of hydrogen-bond acceptors (Lipinski definition) is 5. The van der Waals surface area contributed by atoms with E-state index in [4.69, 9.17) is 24.1 Å². The molecule has 1 aromatic carbocycles. The van der Waals surface area contributed by atoms with Crippen LogP contribution in [0.3, 0.4) is 0 Å². The van der Waals surface area contributed by atoms with Crippen LogP contribution >= 0.6 is 0 Å². The third-order valence-corrected chi connectivity index (χ3v) is 4.51. The third-order valence-electron chi connectivity index (χ3n) is 4.51. The van der Waals surface area contributed by atoms with Gasteiger partial charge in [0.2, 0.25) is 6.79 Å². The molecule has 2 aliphatic heterocycles. The van der Waals surface area contributed by atoms with Crippen molar-refractivity contribution in [3.05, 3.63) is 23.8 Å².